The maximum atomic E-state index is 5.51. The Morgan fingerprint density at radius 2 is 0.655 bits per heavy atom. The Labute approximate surface area is 335 Å². The molecule has 0 aliphatic rings. The third kappa shape index (κ3) is 5.76. The van der Waals surface area contributed by atoms with Crippen molar-refractivity contribution in [2.45, 2.75) is 0 Å². The zero-order chi connectivity index (χ0) is 38.4. The van der Waals surface area contributed by atoms with Gasteiger partial charge in [-0.3, -0.25) is 0 Å². The van der Waals surface area contributed by atoms with Crippen molar-refractivity contribution in [1.29, 1.82) is 0 Å². The summed E-state index contributed by atoms with van der Waals surface area (Å²) in [5.41, 5.74) is 7.54. The molecule has 0 saturated carbocycles. The highest BCUT2D eigenvalue weighted by atomic mass is 15.0. The molecule has 0 atom stereocenters. The molecule has 11 rings (SSSR count). The Morgan fingerprint density at radius 3 is 1.22 bits per heavy atom. The first-order valence-electron chi connectivity index (χ1n) is 19.4. The number of aromatic nitrogens is 5. The highest BCUT2D eigenvalue weighted by Crippen LogP contribution is 2.44. The maximum absolute atomic E-state index is 5.51. The summed E-state index contributed by atoms with van der Waals surface area (Å²) in [5, 5.41) is 8.79. The molecule has 0 N–H and O–H groups in total. The van der Waals surface area contributed by atoms with Crippen LogP contribution in [0.1, 0.15) is 0 Å². The Hall–Kier alpha value is -7.89. The zero-order valence-corrected chi connectivity index (χ0v) is 31.3. The smallest absolute Gasteiger partial charge is 0.165 e. The van der Waals surface area contributed by atoms with Crippen molar-refractivity contribution in [1.82, 2.24) is 24.9 Å². The average Bonchev–Trinajstić information content (AvgIpc) is 3.31. The first kappa shape index (κ1) is 33.4. The first-order valence-corrected chi connectivity index (χ1v) is 19.4. The van der Waals surface area contributed by atoms with Crippen LogP contribution in [-0.2, 0) is 0 Å². The number of nitrogens with zero attached hydrogens (tertiary/aromatic N) is 5. The van der Waals surface area contributed by atoms with E-state index >= 15 is 0 Å². The van der Waals surface area contributed by atoms with E-state index in [2.05, 4.69) is 133 Å². The highest BCUT2D eigenvalue weighted by Gasteiger charge is 2.23. The van der Waals surface area contributed by atoms with E-state index in [1.54, 1.807) is 0 Å². The molecule has 0 unspecified atom stereocenters. The van der Waals surface area contributed by atoms with Crippen molar-refractivity contribution in [3.8, 4) is 68.1 Å². The van der Waals surface area contributed by atoms with Gasteiger partial charge in [0.05, 0.1) is 11.4 Å². The van der Waals surface area contributed by atoms with Crippen LogP contribution < -0.4 is 0 Å². The third-order valence-corrected chi connectivity index (χ3v) is 10.9. The van der Waals surface area contributed by atoms with Gasteiger partial charge in [-0.1, -0.05) is 188 Å². The molecule has 0 saturated heterocycles. The average molecular weight is 740 g/mol. The van der Waals surface area contributed by atoms with Gasteiger partial charge in [-0.15, -0.1) is 0 Å². The normalized spacial score (nSPS) is 11.4. The minimum Gasteiger partial charge on any atom is -0.228 e. The molecule has 58 heavy (non-hydrogen) atoms. The largest absolute Gasteiger partial charge is 0.228 e. The molecule has 0 bridgehead atoms. The summed E-state index contributed by atoms with van der Waals surface area (Å²) in [7, 11) is 0. The summed E-state index contributed by atoms with van der Waals surface area (Å²) < 4.78 is 0. The molecule has 0 spiro atoms. The van der Waals surface area contributed by atoms with Gasteiger partial charge >= 0.3 is 0 Å². The molecule has 0 aliphatic carbocycles. The minimum atomic E-state index is 0.614. The first-order chi connectivity index (χ1) is 28.8. The summed E-state index contributed by atoms with van der Waals surface area (Å²) in [6, 6.07) is 69.2. The molecule has 11 aromatic rings. The van der Waals surface area contributed by atoms with Crippen LogP contribution in [0.25, 0.3) is 111 Å². The predicted octanol–water partition coefficient (Wildman–Crippen LogP) is 13.3. The number of hydrogen-bond donors (Lipinski definition) is 0. The number of rotatable bonds is 6. The lowest BCUT2D eigenvalue weighted by atomic mass is 9.89. The van der Waals surface area contributed by atoms with Crippen molar-refractivity contribution < 1.29 is 0 Å². The standard InChI is InChI=1S/C53H33N5/c1-4-18-34(19-5-1)46-33-47(55-52(54-46)45-32-37-24-10-11-25-38(37)39-26-12-13-27-40(39)45)48-41-28-14-16-30-43(41)49(44-31-17-15-29-42(44)48)53-57-50(35-20-6-2-7-21-35)56-51(58-53)36-22-8-3-9-23-36/h1-33H. The van der Waals surface area contributed by atoms with E-state index < -0.39 is 0 Å². The molecule has 0 aliphatic heterocycles. The number of hydrogen-bond acceptors (Lipinski definition) is 5. The van der Waals surface area contributed by atoms with Crippen LogP contribution in [0.4, 0.5) is 0 Å². The highest BCUT2D eigenvalue weighted by molar-refractivity contribution is 6.21. The summed E-state index contributed by atoms with van der Waals surface area (Å²) >= 11 is 0. The SMILES string of the molecule is c1ccc(-c2cc(-c3c4ccccc4c(-c4nc(-c5ccccc5)nc(-c5ccccc5)n4)c4ccccc34)nc(-c3cc4ccccc4c4ccccc34)n2)cc1. The quantitative estimate of drug-likeness (QED) is 0.125. The molecule has 0 radical (unpaired) electrons. The minimum absolute atomic E-state index is 0.614. The van der Waals surface area contributed by atoms with Crippen LogP contribution in [0.2, 0.25) is 0 Å². The van der Waals surface area contributed by atoms with Crippen LogP contribution in [0.3, 0.4) is 0 Å². The summed E-state index contributed by atoms with van der Waals surface area (Å²) in [4.78, 5) is 26.3. The molecular weight excluding hydrogens is 707 g/mol. The zero-order valence-electron chi connectivity index (χ0n) is 31.3. The van der Waals surface area contributed by atoms with Gasteiger partial charge in [0.25, 0.3) is 0 Å². The predicted molar refractivity (Wildman–Crippen MR) is 238 cm³/mol. The Balaban J connectivity index is 1.21. The lowest BCUT2D eigenvalue weighted by Crippen LogP contribution is -2.02. The fraction of sp³-hybridized carbons (Fsp3) is 0. The van der Waals surface area contributed by atoms with Crippen LogP contribution >= 0.6 is 0 Å². The van der Waals surface area contributed by atoms with Gasteiger partial charge in [0.15, 0.2) is 23.3 Å². The van der Waals surface area contributed by atoms with Crippen molar-refractivity contribution in [3.05, 3.63) is 200 Å². The topological polar surface area (TPSA) is 64.5 Å². The van der Waals surface area contributed by atoms with E-state index in [0.29, 0.717) is 23.3 Å². The van der Waals surface area contributed by atoms with Crippen LogP contribution in [-0.4, -0.2) is 24.9 Å². The lowest BCUT2D eigenvalue weighted by Gasteiger charge is -2.18. The Bertz CT molecular complexity index is 3210. The van der Waals surface area contributed by atoms with Gasteiger partial charge in [-0.05, 0) is 55.2 Å². The Kier molecular flexibility index (Phi) is 8.07. The number of fused-ring (bicyclic) bond motifs is 5. The fourth-order valence-electron chi connectivity index (χ4n) is 8.26. The van der Waals surface area contributed by atoms with Gasteiger partial charge in [0.1, 0.15) is 0 Å². The number of benzene rings is 9. The van der Waals surface area contributed by atoms with Gasteiger partial charge in [-0.2, -0.15) is 0 Å². The van der Waals surface area contributed by atoms with E-state index in [4.69, 9.17) is 24.9 Å². The van der Waals surface area contributed by atoms with Crippen molar-refractivity contribution >= 4 is 43.1 Å². The van der Waals surface area contributed by atoms with Crippen molar-refractivity contribution in [2.75, 3.05) is 0 Å². The van der Waals surface area contributed by atoms with E-state index in [1.165, 1.54) is 10.8 Å². The van der Waals surface area contributed by atoms with Gasteiger partial charge in [-0.25, -0.2) is 24.9 Å². The molecule has 270 valence electrons. The molecule has 2 aromatic heterocycles. The second-order valence-electron chi connectivity index (χ2n) is 14.4. The van der Waals surface area contributed by atoms with Crippen molar-refractivity contribution in [3.63, 3.8) is 0 Å². The van der Waals surface area contributed by atoms with Gasteiger partial charge < -0.3 is 0 Å². The molecular formula is C53H33N5. The second kappa shape index (κ2) is 14.0. The monoisotopic (exact) mass is 739 g/mol. The van der Waals surface area contributed by atoms with Gasteiger partial charge in [0, 0.05) is 33.4 Å². The van der Waals surface area contributed by atoms with Gasteiger partial charge in [0.2, 0.25) is 0 Å². The molecule has 9 aromatic carbocycles. The fourth-order valence-corrected chi connectivity index (χ4v) is 8.26. The molecule has 5 heteroatoms. The lowest BCUT2D eigenvalue weighted by molar-refractivity contribution is 1.08. The second-order valence-corrected chi connectivity index (χ2v) is 14.4. The summed E-state index contributed by atoms with van der Waals surface area (Å²) in [6.07, 6.45) is 0. The van der Waals surface area contributed by atoms with Crippen molar-refractivity contribution in [2.24, 2.45) is 0 Å². The van der Waals surface area contributed by atoms with Crippen LogP contribution in [0.15, 0.2) is 200 Å². The molecule has 0 fully saturated rings. The molecule has 0 amide bonds. The van der Waals surface area contributed by atoms with Crippen LogP contribution in [0.5, 0.6) is 0 Å². The Morgan fingerprint density at radius 1 is 0.241 bits per heavy atom. The summed E-state index contributed by atoms with van der Waals surface area (Å²) in [5.74, 6) is 2.53. The summed E-state index contributed by atoms with van der Waals surface area (Å²) in [6.45, 7) is 0. The molecule has 5 nitrogen and oxygen atoms in total. The van der Waals surface area contributed by atoms with E-state index in [9.17, 15) is 0 Å². The maximum Gasteiger partial charge on any atom is 0.165 e. The molecule has 2 heterocycles. The van der Waals surface area contributed by atoms with E-state index in [0.717, 1.165) is 77.1 Å². The van der Waals surface area contributed by atoms with Crippen LogP contribution in [0, 0.1) is 0 Å². The van der Waals surface area contributed by atoms with E-state index in [-0.39, 0.29) is 0 Å². The third-order valence-electron chi connectivity index (χ3n) is 10.9. The van der Waals surface area contributed by atoms with E-state index in [1.807, 2.05) is 66.7 Å².